The Bertz CT molecular complexity index is 590. The monoisotopic (exact) mass is 264 g/mol. The molecular weight excluding hydrogens is 248 g/mol. The average molecular weight is 264 g/mol. The standard InChI is InChI=1S/C12H16N4OS/c1-8-5-3-4-6-9(8)10(7-13)18-12-15-14-11(17)16(12)2/h3-6,10H,7,13H2,1-2H3,(H,14,17). The van der Waals surface area contributed by atoms with Gasteiger partial charge in [0.15, 0.2) is 5.16 Å². The predicted molar refractivity (Wildman–Crippen MR) is 72.7 cm³/mol. The van der Waals surface area contributed by atoms with Gasteiger partial charge in [-0.15, -0.1) is 5.10 Å². The number of aromatic nitrogens is 3. The summed E-state index contributed by atoms with van der Waals surface area (Å²) in [6.45, 7) is 2.55. The third-order valence-corrected chi connectivity index (χ3v) is 4.14. The van der Waals surface area contributed by atoms with Crippen LogP contribution in [0.3, 0.4) is 0 Å². The van der Waals surface area contributed by atoms with Crippen molar-refractivity contribution >= 4 is 11.8 Å². The van der Waals surface area contributed by atoms with Gasteiger partial charge in [-0.1, -0.05) is 36.0 Å². The van der Waals surface area contributed by atoms with Gasteiger partial charge in [-0.05, 0) is 18.1 Å². The first-order valence-electron chi connectivity index (χ1n) is 5.67. The molecule has 0 aliphatic carbocycles. The zero-order chi connectivity index (χ0) is 13.1. The second-order valence-electron chi connectivity index (χ2n) is 4.07. The lowest BCUT2D eigenvalue weighted by atomic mass is 10.1. The fraction of sp³-hybridized carbons (Fsp3) is 0.333. The van der Waals surface area contributed by atoms with E-state index >= 15 is 0 Å². The Morgan fingerprint density at radius 2 is 2.22 bits per heavy atom. The van der Waals surface area contributed by atoms with Crippen LogP contribution in [0.15, 0.2) is 34.2 Å². The highest BCUT2D eigenvalue weighted by molar-refractivity contribution is 7.99. The summed E-state index contributed by atoms with van der Waals surface area (Å²) in [5, 5.41) is 7.17. The molecule has 0 radical (unpaired) electrons. The van der Waals surface area contributed by atoms with Crippen LogP contribution in [0.5, 0.6) is 0 Å². The largest absolute Gasteiger partial charge is 0.343 e. The van der Waals surface area contributed by atoms with Crippen molar-refractivity contribution in [1.29, 1.82) is 0 Å². The molecule has 0 bridgehead atoms. The van der Waals surface area contributed by atoms with Crippen molar-refractivity contribution in [1.82, 2.24) is 14.8 Å². The topological polar surface area (TPSA) is 76.7 Å². The van der Waals surface area contributed by atoms with Crippen LogP contribution in [-0.4, -0.2) is 21.3 Å². The Kier molecular flexibility index (Phi) is 3.88. The quantitative estimate of drug-likeness (QED) is 0.814. The summed E-state index contributed by atoms with van der Waals surface area (Å²) in [7, 11) is 1.69. The van der Waals surface area contributed by atoms with Crippen molar-refractivity contribution in [3.8, 4) is 0 Å². The fourth-order valence-corrected chi connectivity index (χ4v) is 2.83. The Morgan fingerprint density at radius 3 is 2.78 bits per heavy atom. The van der Waals surface area contributed by atoms with Gasteiger partial charge in [-0.3, -0.25) is 4.57 Å². The number of rotatable bonds is 4. The number of aryl methyl sites for hydroxylation is 1. The molecule has 18 heavy (non-hydrogen) atoms. The van der Waals surface area contributed by atoms with Gasteiger partial charge in [0.25, 0.3) is 0 Å². The summed E-state index contributed by atoms with van der Waals surface area (Å²) in [6.07, 6.45) is 0. The first-order chi connectivity index (χ1) is 8.63. The van der Waals surface area contributed by atoms with Gasteiger partial charge in [0, 0.05) is 18.8 Å². The van der Waals surface area contributed by atoms with E-state index in [4.69, 9.17) is 5.73 Å². The number of H-pyrrole nitrogens is 1. The lowest BCUT2D eigenvalue weighted by Crippen LogP contribution is -2.15. The number of thioether (sulfide) groups is 1. The Labute approximate surface area is 109 Å². The predicted octanol–water partition coefficient (Wildman–Crippen LogP) is 1.21. The third-order valence-electron chi connectivity index (χ3n) is 2.84. The molecule has 0 aliphatic heterocycles. The van der Waals surface area contributed by atoms with Crippen LogP contribution in [-0.2, 0) is 7.05 Å². The number of aromatic amines is 1. The minimum absolute atomic E-state index is 0.0973. The van der Waals surface area contributed by atoms with Crippen LogP contribution in [0.2, 0.25) is 0 Å². The van der Waals surface area contributed by atoms with E-state index in [1.165, 1.54) is 27.5 Å². The highest BCUT2D eigenvalue weighted by Gasteiger charge is 2.16. The number of benzene rings is 1. The summed E-state index contributed by atoms with van der Waals surface area (Å²) in [4.78, 5) is 11.3. The highest BCUT2D eigenvalue weighted by Crippen LogP contribution is 2.33. The van der Waals surface area contributed by atoms with E-state index in [1.807, 2.05) is 12.1 Å². The molecule has 0 fully saturated rings. The lowest BCUT2D eigenvalue weighted by molar-refractivity contribution is 0.760. The molecule has 0 amide bonds. The van der Waals surface area contributed by atoms with E-state index in [0.717, 1.165) is 0 Å². The number of hydrogen-bond acceptors (Lipinski definition) is 4. The zero-order valence-electron chi connectivity index (χ0n) is 10.4. The minimum Gasteiger partial charge on any atom is -0.329 e. The molecule has 3 N–H and O–H groups in total. The maximum absolute atomic E-state index is 11.3. The first-order valence-corrected chi connectivity index (χ1v) is 6.55. The molecule has 2 rings (SSSR count). The van der Waals surface area contributed by atoms with Gasteiger partial charge >= 0.3 is 5.69 Å². The molecule has 1 aromatic heterocycles. The number of nitrogens with one attached hydrogen (secondary N) is 1. The molecular formula is C12H16N4OS. The maximum atomic E-state index is 11.3. The van der Waals surface area contributed by atoms with E-state index in [2.05, 4.69) is 29.3 Å². The van der Waals surface area contributed by atoms with Gasteiger partial charge in [0.2, 0.25) is 0 Å². The molecule has 96 valence electrons. The summed E-state index contributed by atoms with van der Waals surface area (Å²) in [5.74, 6) is 0. The van der Waals surface area contributed by atoms with Gasteiger partial charge in [0.1, 0.15) is 0 Å². The van der Waals surface area contributed by atoms with E-state index in [-0.39, 0.29) is 10.9 Å². The lowest BCUT2D eigenvalue weighted by Gasteiger charge is -2.16. The van der Waals surface area contributed by atoms with Gasteiger partial charge in [-0.25, -0.2) is 9.89 Å². The Balaban J connectivity index is 2.28. The first kappa shape index (κ1) is 12.9. The van der Waals surface area contributed by atoms with Crippen LogP contribution < -0.4 is 11.4 Å². The van der Waals surface area contributed by atoms with Gasteiger partial charge in [-0.2, -0.15) is 0 Å². The average Bonchev–Trinajstić information content (AvgIpc) is 2.68. The SMILES string of the molecule is Cc1ccccc1C(CN)Sc1n[nH]c(=O)n1C. The smallest absolute Gasteiger partial charge is 0.329 e. The minimum atomic E-state index is -0.210. The van der Waals surface area contributed by atoms with E-state index in [0.29, 0.717) is 11.7 Å². The van der Waals surface area contributed by atoms with Crippen molar-refractivity contribution in [3.05, 3.63) is 45.9 Å². The summed E-state index contributed by atoms with van der Waals surface area (Å²) >= 11 is 1.50. The van der Waals surface area contributed by atoms with Crippen molar-refractivity contribution < 1.29 is 0 Å². The molecule has 1 unspecified atom stereocenters. The van der Waals surface area contributed by atoms with Crippen molar-refractivity contribution in [2.75, 3.05) is 6.54 Å². The number of hydrogen-bond donors (Lipinski definition) is 2. The Hall–Kier alpha value is -1.53. The van der Waals surface area contributed by atoms with E-state index in [9.17, 15) is 4.79 Å². The molecule has 2 aromatic rings. The second-order valence-corrected chi connectivity index (χ2v) is 5.24. The molecule has 0 saturated carbocycles. The molecule has 1 atom stereocenters. The molecule has 0 spiro atoms. The van der Waals surface area contributed by atoms with Crippen molar-refractivity contribution in [2.45, 2.75) is 17.3 Å². The zero-order valence-corrected chi connectivity index (χ0v) is 11.2. The van der Waals surface area contributed by atoms with E-state index < -0.39 is 0 Å². The molecule has 6 heteroatoms. The molecule has 5 nitrogen and oxygen atoms in total. The van der Waals surface area contributed by atoms with E-state index in [1.54, 1.807) is 7.05 Å². The van der Waals surface area contributed by atoms with Crippen LogP contribution in [0.25, 0.3) is 0 Å². The fourth-order valence-electron chi connectivity index (χ4n) is 1.75. The van der Waals surface area contributed by atoms with Gasteiger partial charge < -0.3 is 5.73 Å². The van der Waals surface area contributed by atoms with Crippen molar-refractivity contribution in [2.24, 2.45) is 12.8 Å². The number of nitrogens with zero attached hydrogens (tertiary/aromatic N) is 2. The third kappa shape index (κ3) is 2.49. The van der Waals surface area contributed by atoms with Gasteiger partial charge in [0.05, 0.1) is 0 Å². The molecule has 1 heterocycles. The highest BCUT2D eigenvalue weighted by atomic mass is 32.2. The summed E-state index contributed by atoms with van der Waals surface area (Å²) in [5.41, 5.74) is 8.00. The maximum Gasteiger partial charge on any atom is 0.343 e. The molecule has 0 aliphatic rings. The normalized spacial score (nSPS) is 12.6. The van der Waals surface area contributed by atoms with Crippen LogP contribution >= 0.6 is 11.8 Å². The van der Waals surface area contributed by atoms with Crippen molar-refractivity contribution in [3.63, 3.8) is 0 Å². The molecule has 0 saturated heterocycles. The second kappa shape index (κ2) is 5.41. The molecule has 1 aromatic carbocycles. The Morgan fingerprint density at radius 1 is 1.50 bits per heavy atom. The summed E-state index contributed by atoms with van der Waals surface area (Å²) < 4.78 is 1.49. The number of nitrogens with two attached hydrogens (primary N) is 1. The van der Waals surface area contributed by atoms with Crippen LogP contribution in [0.1, 0.15) is 16.4 Å². The van der Waals surface area contributed by atoms with Crippen LogP contribution in [0, 0.1) is 6.92 Å². The summed E-state index contributed by atoms with van der Waals surface area (Å²) in [6, 6.07) is 8.11. The van der Waals surface area contributed by atoms with Crippen LogP contribution in [0.4, 0.5) is 0 Å².